The van der Waals surface area contributed by atoms with Crippen molar-refractivity contribution in [1.82, 2.24) is 0 Å². The molecule has 0 saturated heterocycles. The second kappa shape index (κ2) is 11.6. The molecule has 0 aromatic heterocycles. The number of aryl methyl sites for hydroxylation is 1. The quantitative estimate of drug-likeness (QED) is 0.244. The first-order valence-corrected chi connectivity index (χ1v) is 15.9. The Hall–Kier alpha value is -3.67. The summed E-state index contributed by atoms with van der Waals surface area (Å²) in [7, 11) is -7.38. The number of sulfonamides is 2. The van der Waals surface area contributed by atoms with Crippen molar-refractivity contribution in [3.8, 4) is 0 Å². The molecule has 8 nitrogen and oxygen atoms in total. The van der Waals surface area contributed by atoms with E-state index in [0.717, 1.165) is 21.9 Å². The maximum absolute atomic E-state index is 12.8. The molecule has 4 aromatic carbocycles. The van der Waals surface area contributed by atoms with E-state index < -0.39 is 26.0 Å². The molecule has 0 aliphatic rings. The molecule has 0 radical (unpaired) electrons. The lowest BCUT2D eigenvalue weighted by atomic mass is 10.1. The third kappa shape index (κ3) is 7.25. The van der Waals surface area contributed by atoms with Gasteiger partial charge in [0.15, 0.2) is 0 Å². The van der Waals surface area contributed by atoms with Crippen LogP contribution in [0.4, 0.5) is 17.1 Å². The van der Waals surface area contributed by atoms with Gasteiger partial charge >= 0.3 is 0 Å². The van der Waals surface area contributed by atoms with E-state index in [1.807, 2.05) is 31.2 Å². The second-order valence-electron chi connectivity index (χ2n) is 8.83. The van der Waals surface area contributed by atoms with Crippen molar-refractivity contribution >= 4 is 58.9 Å². The number of halogens is 1. The van der Waals surface area contributed by atoms with Gasteiger partial charge in [0.1, 0.15) is 0 Å². The highest BCUT2D eigenvalue weighted by Gasteiger charge is 2.19. The van der Waals surface area contributed by atoms with Gasteiger partial charge in [0, 0.05) is 21.4 Å². The molecule has 39 heavy (non-hydrogen) atoms. The average Bonchev–Trinajstić information content (AvgIpc) is 2.89. The number of benzene rings is 4. The molecule has 4 rings (SSSR count). The first-order chi connectivity index (χ1) is 18.4. The van der Waals surface area contributed by atoms with E-state index in [9.17, 15) is 21.6 Å². The molecule has 2 N–H and O–H groups in total. The van der Waals surface area contributed by atoms with Crippen molar-refractivity contribution in [2.45, 2.75) is 18.4 Å². The summed E-state index contributed by atoms with van der Waals surface area (Å²) >= 11 is 3.31. The van der Waals surface area contributed by atoms with Crippen LogP contribution < -0.4 is 14.3 Å². The third-order valence-electron chi connectivity index (χ3n) is 5.91. The fourth-order valence-corrected chi connectivity index (χ4v) is 5.98. The minimum absolute atomic E-state index is 0.0438. The number of carbonyl (C=O) groups is 1. The number of nitrogens with one attached hydrogen (secondary N) is 2. The highest BCUT2D eigenvalue weighted by Crippen LogP contribution is 2.24. The van der Waals surface area contributed by atoms with E-state index in [2.05, 4.69) is 26.0 Å². The zero-order valence-corrected chi connectivity index (χ0v) is 24.3. The summed E-state index contributed by atoms with van der Waals surface area (Å²) in [6, 6.07) is 26.3. The number of carbonyl (C=O) groups excluding carboxylic acids is 1. The van der Waals surface area contributed by atoms with Crippen molar-refractivity contribution in [3.05, 3.63) is 118 Å². The average molecular weight is 629 g/mol. The zero-order chi connectivity index (χ0) is 28.2. The molecular weight excluding hydrogens is 602 g/mol. The van der Waals surface area contributed by atoms with Crippen LogP contribution in [0.1, 0.15) is 21.5 Å². The lowest BCUT2D eigenvalue weighted by Gasteiger charge is -2.23. The van der Waals surface area contributed by atoms with Gasteiger partial charge in [0.05, 0.1) is 23.4 Å². The molecule has 0 unspecified atom stereocenters. The van der Waals surface area contributed by atoms with Gasteiger partial charge in [0.25, 0.3) is 15.9 Å². The van der Waals surface area contributed by atoms with Crippen molar-refractivity contribution in [1.29, 1.82) is 0 Å². The van der Waals surface area contributed by atoms with Crippen LogP contribution in [0.2, 0.25) is 0 Å². The zero-order valence-electron chi connectivity index (χ0n) is 21.1. The Labute approximate surface area is 236 Å². The van der Waals surface area contributed by atoms with E-state index in [1.54, 1.807) is 48.5 Å². The van der Waals surface area contributed by atoms with Gasteiger partial charge in [-0.1, -0.05) is 40.2 Å². The SMILES string of the molecule is Cc1ccccc1CN(c1ccc(C(=O)Nc2ccc(S(=O)(=O)Nc3ccc(Br)cc3)cc2)cc1)S(C)(=O)=O. The van der Waals surface area contributed by atoms with Crippen LogP contribution in [0.5, 0.6) is 0 Å². The first kappa shape index (κ1) is 28.3. The summed E-state index contributed by atoms with van der Waals surface area (Å²) < 4.78 is 55.0. The van der Waals surface area contributed by atoms with Crippen LogP contribution in [-0.4, -0.2) is 29.0 Å². The molecule has 0 aliphatic carbocycles. The molecule has 0 spiro atoms. The summed E-state index contributed by atoms with van der Waals surface area (Å²) in [5.74, 6) is -0.421. The van der Waals surface area contributed by atoms with E-state index >= 15 is 0 Å². The first-order valence-electron chi connectivity index (χ1n) is 11.7. The Morgan fingerprint density at radius 3 is 1.97 bits per heavy atom. The molecule has 0 saturated carbocycles. The Morgan fingerprint density at radius 1 is 0.795 bits per heavy atom. The predicted octanol–water partition coefficient (Wildman–Crippen LogP) is 5.78. The minimum atomic E-state index is -3.81. The molecule has 0 aliphatic heterocycles. The fraction of sp³-hybridized carbons (Fsp3) is 0.107. The third-order valence-corrected chi connectivity index (χ3v) is 8.98. The van der Waals surface area contributed by atoms with Crippen LogP contribution in [0, 0.1) is 6.92 Å². The summed E-state index contributed by atoms with van der Waals surface area (Å²) in [5.41, 5.74) is 3.44. The fourth-order valence-electron chi connectivity index (χ4n) is 3.77. The van der Waals surface area contributed by atoms with Gasteiger partial charge in [-0.25, -0.2) is 16.8 Å². The highest BCUT2D eigenvalue weighted by atomic mass is 79.9. The monoisotopic (exact) mass is 627 g/mol. The van der Waals surface area contributed by atoms with Crippen LogP contribution in [0.3, 0.4) is 0 Å². The molecule has 4 aromatic rings. The number of amides is 1. The maximum atomic E-state index is 12.8. The standard InChI is InChI=1S/C28H26BrN3O5S2/c1-20-5-3-4-6-22(20)19-32(38(2,34)35)26-15-7-21(8-16-26)28(33)30-24-13-17-27(18-14-24)39(36,37)31-25-11-9-23(29)10-12-25/h3-18,31H,19H2,1-2H3,(H,30,33). The number of anilines is 3. The van der Waals surface area contributed by atoms with Crippen LogP contribution in [-0.2, 0) is 26.6 Å². The largest absolute Gasteiger partial charge is 0.322 e. The molecule has 0 heterocycles. The van der Waals surface area contributed by atoms with E-state index in [4.69, 9.17) is 0 Å². The number of nitrogens with zero attached hydrogens (tertiary/aromatic N) is 1. The Balaban J connectivity index is 1.45. The molecule has 0 atom stereocenters. The van der Waals surface area contributed by atoms with Crippen molar-refractivity contribution < 1.29 is 21.6 Å². The Kier molecular flexibility index (Phi) is 8.43. The Bertz CT molecular complexity index is 1690. The van der Waals surface area contributed by atoms with Crippen molar-refractivity contribution in [2.75, 3.05) is 20.6 Å². The van der Waals surface area contributed by atoms with Gasteiger partial charge in [-0.05, 0) is 90.8 Å². The van der Waals surface area contributed by atoms with Crippen molar-refractivity contribution in [3.63, 3.8) is 0 Å². The normalized spacial score (nSPS) is 11.6. The highest BCUT2D eigenvalue weighted by molar-refractivity contribution is 9.10. The molecule has 11 heteroatoms. The van der Waals surface area contributed by atoms with Crippen molar-refractivity contribution in [2.24, 2.45) is 0 Å². The van der Waals surface area contributed by atoms with Gasteiger partial charge in [-0.3, -0.25) is 13.8 Å². The smallest absolute Gasteiger partial charge is 0.261 e. The minimum Gasteiger partial charge on any atom is -0.322 e. The lowest BCUT2D eigenvalue weighted by molar-refractivity contribution is 0.102. The molecule has 202 valence electrons. The lowest BCUT2D eigenvalue weighted by Crippen LogP contribution is -2.29. The number of hydrogen-bond acceptors (Lipinski definition) is 5. The van der Waals surface area contributed by atoms with Crippen LogP contribution in [0.25, 0.3) is 0 Å². The molecule has 1 amide bonds. The van der Waals surface area contributed by atoms with Gasteiger partial charge in [0.2, 0.25) is 10.0 Å². The summed E-state index contributed by atoms with van der Waals surface area (Å²) in [6.07, 6.45) is 1.14. The predicted molar refractivity (Wildman–Crippen MR) is 158 cm³/mol. The summed E-state index contributed by atoms with van der Waals surface area (Å²) in [6.45, 7) is 2.09. The maximum Gasteiger partial charge on any atom is 0.261 e. The van der Waals surface area contributed by atoms with Gasteiger partial charge < -0.3 is 5.32 Å². The second-order valence-corrected chi connectivity index (χ2v) is 13.3. The Morgan fingerprint density at radius 2 is 1.38 bits per heavy atom. The van der Waals surface area contributed by atoms with E-state index in [0.29, 0.717) is 22.6 Å². The van der Waals surface area contributed by atoms with Crippen LogP contribution in [0.15, 0.2) is 106 Å². The van der Waals surface area contributed by atoms with Gasteiger partial charge in [-0.2, -0.15) is 0 Å². The molecule has 0 bridgehead atoms. The van der Waals surface area contributed by atoms with E-state index in [1.165, 1.54) is 28.6 Å². The summed E-state index contributed by atoms with van der Waals surface area (Å²) in [5, 5.41) is 2.73. The molecular formula is C28H26BrN3O5S2. The van der Waals surface area contributed by atoms with E-state index in [-0.39, 0.29) is 11.4 Å². The number of rotatable bonds is 9. The van der Waals surface area contributed by atoms with Gasteiger partial charge in [-0.15, -0.1) is 0 Å². The topological polar surface area (TPSA) is 113 Å². The van der Waals surface area contributed by atoms with Crippen LogP contribution >= 0.6 is 15.9 Å². The molecule has 0 fully saturated rings. The summed E-state index contributed by atoms with van der Waals surface area (Å²) in [4.78, 5) is 12.8. The number of hydrogen-bond donors (Lipinski definition) is 2.